The first-order valence-electron chi connectivity index (χ1n) is 14.5. The summed E-state index contributed by atoms with van der Waals surface area (Å²) in [4.78, 5) is 50.9. The molecule has 1 atom stereocenters. The van der Waals surface area contributed by atoms with Crippen molar-refractivity contribution in [3.8, 4) is 17.2 Å². The number of aryl methyl sites for hydroxylation is 1. The van der Waals surface area contributed by atoms with Crippen LogP contribution in [0.1, 0.15) is 28.4 Å². The second-order valence-electron chi connectivity index (χ2n) is 10.3. The van der Waals surface area contributed by atoms with Gasteiger partial charge in [0.1, 0.15) is 5.70 Å². The van der Waals surface area contributed by atoms with Gasteiger partial charge in [-0.1, -0.05) is 24.3 Å². The van der Waals surface area contributed by atoms with E-state index in [-0.39, 0.29) is 17.3 Å². The fraction of sp³-hybridized carbons (Fsp3) is 0.171. The van der Waals surface area contributed by atoms with E-state index in [2.05, 4.69) is 16.0 Å². The summed E-state index contributed by atoms with van der Waals surface area (Å²) in [7, 11) is 4.43. The molecule has 0 bridgehead atoms. The van der Waals surface area contributed by atoms with Crippen LogP contribution in [0.3, 0.4) is 0 Å². The van der Waals surface area contributed by atoms with Gasteiger partial charge in [0.05, 0.1) is 37.2 Å². The molecule has 0 spiro atoms. The minimum atomic E-state index is -0.589. The molecule has 1 unspecified atom stereocenters. The Hall–Kier alpha value is -5.82. The normalized spacial score (nSPS) is 11.6. The van der Waals surface area contributed by atoms with E-state index in [9.17, 15) is 24.5 Å². The Balaban J connectivity index is 1.51. The van der Waals surface area contributed by atoms with Crippen LogP contribution < -0.4 is 30.2 Å². The third-order valence-corrected chi connectivity index (χ3v) is 8.12. The predicted octanol–water partition coefficient (Wildman–Crippen LogP) is 6.46. The lowest BCUT2D eigenvalue weighted by Gasteiger charge is -2.15. The maximum Gasteiger partial charge on any atom is 0.272 e. The number of ether oxygens (including phenoxy) is 3. The first kappa shape index (κ1) is 35.0. The van der Waals surface area contributed by atoms with Crippen LogP contribution in [-0.4, -0.2) is 49.2 Å². The van der Waals surface area contributed by atoms with Crippen molar-refractivity contribution in [2.24, 2.45) is 0 Å². The molecule has 4 aromatic carbocycles. The molecule has 0 saturated heterocycles. The maximum atomic E-state index is 13.6. The molecule has 13 heteroatoms. The highest BCUT2D eigenvalue weighted by Gasteiger charge is 2.20. The number of nitro groups is 1. The summed E-state index contributed by atoms with van der Waals surface area (Å²) in [6, 6.07) is 22.9. The van der Waals surface area contributed by atoms with Gasteiger partial charge >= 0.3 is 0 Å². The second-order valence-corrected chi connectivity index (χ2v) is 11.7. The van der Waals surface area contributed by atoms with Gasteiger partial charge in [-0.15, -0.1) is 11.8 Å². The van der Waals surface area contributed by atoms with Crippen molar-refractivity contribution >= 4 is 52.6 Å². The van der Waals surface area contributed by atoms with Crippen molar-refractivity contribution in [3.63, 3.8) is 0 Å². The van der Waals surface area contributed by atoms with Crippen LogP contribution in [0.4, 0.5) is 17.1 Å². The highest BCUT2D eigenvalue weighted by Crippen LogP contribution is 2.38. The summed E-state index contributed by atoms with van der Waals surface area (Å²) >= 11 is 1.28. The molecule has 0 fully saturated rings. The van der Waals surface area contributed by atoms with Crippen LogP contribution in [0.15, 0.2) is 95.5 Å². The molecule has 3 N–H and O–H groups in total. The highest BCUT2D eigenvalue weighted by molar-refractivity contribution is 8.00. The highest BCUT2D eigenvalue weighted by atomic mass is 32.2. The fourth-order valence-electron chi connectivity index (χ4n) is 4.46. The molecule has 0 aromatic heterocycles. The molecule has 3 amide bonds. The van der Waals surface area contributed by atoms with Gasteiger partial charge < -0.3 is 30.2 Å². The Labute approximate surface area is 281 Å². The van der Waals surface area contributed by atoms with Crippen molar-refractivity contribution in [2.75, 3.05) is 32.0 Å². The van der Waals surface area contributed by atoms with E-state index >= 15 is 0 Å². The van der Waals surface area contributed by atoms with Gasteiger partial charge in [-0.05, 0) is 79.6 Å². The number of nitrogens with zero attached hydrogens (tertiary/aromatic N) is 1. The zero-order valence-electron chi connectivity index (χ0n) is 26.9. The topological polar surface area (TPSA) is 158 Å². The largest absolute Gasteiger partial charge is 0.493 e. The molecular formula is C35H34N4O8S. The summed E-state index contributed by atoms with van der Waals surface area (Å²) in [6.45, 7) is 3.47. The minimum Gasteiger partial charge on any atom is -0.493 e. The van der Waals surface area contributed by atoms with Crippen molar-refractivity contribution in [1.29, 1.82) is 0 Å². The summed E-state index contributed by atoms with van der Waals surface area (Å²) in [6.07, 6.45) is 1.49. The number of hydrogen-bond acceptors (Lipinski definition) is 9. The number of thioether (sulfide) groups is 1. The van der Waals surface area contributed by atoms with Gasteiger partial charge in [0, 0.05) is 28.3 Å². The van der Waals surface area contributed by atoms with Gasteiger partial charge in [0.25, 0.3) is 17.5 Å². The van der Waals surface area contributed by atoms with E-state index in [1.807, 2.05) is 0 Å². The summed E-state index contributed by atoms with van der Waals surface area (Å²) < 4.78 is 16.3. The van der Waals surface area contributed by atoms with Crippen molar-refractivity contribution in [2.45, 2.75) is 24.0 Å². The number of hydrogen-bond donors (Lipinski definition) is 3. The summed E-state index contributed by atoms with van der Waals surface area (Å²) in [5.41, 5.74) is 2.22. The maximum absolute atomic E-state index is 13.6. The lowest BCUT2D eigenvalue weighted by atomic mass is 10.1. The Morgan fingerprint density at radius 3 is 2.08 bits per heavy atom. The van der Waals surface area contributed by atoms with Gasteiger partial charge in [0.15, 0.2) is 11.5 Å². The minimum absolute atomic E-state index is 0.0432. The van der Waals surface area contributed by atoms with Crippen molar-refractivity contribution < 1.29 is 33.5 Å². The molecule has 0 saturated carbocycles. The third-order valence-electron chi connectivity index (χ3n) is 7.01. The number of methoxy groups -OCH3 is 3. The molecule has 0 aliphatic carbocycles. The van der Waals surface area contributed by atoms with E-state index in [0.717, 1.165) is 4.90 Å². The predicted molar refractivity (Wildman–Crippen MR) is 185 cm³/mol. The lowest BCUT2D eigenvalue weighted by molar-refractivity contribution is -0.384. The average molecular weight is 671 g/mol. The lowest BCUT2D eigenvalue weighted by Crippen LogP contribution is -2.30. The van der Waals surface area contributed by atoms with Crippen molar-refractivity contribution in [1.82, 2.24) is 5.32 Å². The number of nitro benzene ring substituents is 1. The third kappa shape index (κ3) is 8.91. The van der Waals surface area contributed by atoms with E-state index in [1.165, 1.54) is 51.3 Å². The van der Waals surface area contributed by atoms with Gasteiger partial charge in [-0.2, -0.15) is 0 Å². The molecule has 48 heavy (non-hydrogen) atoms. The van der Waals surface area contributed by atoms with E-state index in [0.29, 0.717) is 45.3 Å². The molecule has 0 aliphatic heterocycles. The molecular weight excluding hydrogens is 636 g/mol. The Morgan fingerprint density at radius 2 is 1.50 bits per heavy atom. The molecule has 0 heterocycles. The molecule has 248 valence electrons. The Bertz CT molecular complexity index is 1820. The summed E-state index contributed by atoms with van der Waals surface area (Å²) in [5, 5.41) is 18.9. The molecule has 0 aliphatic rings. The standard InChI is InChI=1S/C35H34N4O8S/c1-21-11-14-26(39(43)44)20-28(21)37-33(40)22(2)48-27-15-12-25(13-16-27)36-35(42)29(38-34(41)24-9-7-6-8-10-24)17-23-18-30(45-3)32(47-5)31(19-23)46-4/h6-20,22H,1-5H3,(H,36,42)(H,37,40)(H,38,41)/b29-17-. The monoisotopic (exact) mass is 670 g/mol. The van der Waals surface area contributed by atoms with Crippen LogP contribution in [-0.2, 0) is 9.59 Å². The number of nitrogens with one attached hydrogen (secondary N) is 3. The first-order valence-corrected chi connectivity index (χ1v) is 15.4. The molecule has 4 rings (SSSR count). The second kappa shape index (κ2) is 16.1. The van der Waals surface area contributed by atoms with Crippen molar-refractivity contribution in [3.05, 3.63) is 117 Å². The van der Waals surface area contributed by atoms with Crippen LogP contribution in [0.2, 0.25) is 0 Å². The molecule has 4 aromatic rings. The fourth-order valence-corrected chi connectivity index (χ4v) is 5.33. The van der Waals surface area contributed by atoms with Gasteiger partial charge in [-0.25, -0.2) is 0 Å². The number of benzene rings is 4. The number of non-ortho nitro benzene ring substituents is 1. The van der Waals surface area contributed by atoms with Crippen LogP contribution >= 0.6 is 11.8 Å². The molecule has 0 radical (unpaired) electrons. The van der Waals surface area contributed by atoms with Gasteiger partial charge in [0.2, 0.25) is 11.7 Å². The first-order chi connectivity index (χ1) is 23.0. The number of carbonyl (C=O) groups is 3. The average Bonchev–Trinajstić information content (AvgIpc) is 3.09. The Kier molecular flexibility index (Phi) is 11.8. The van der Waals surface area contributed by atoms with Gasteiger partial charge in [-0.3, -0.25) is 24.5 Å². The van der Waals surface area contributed by atoms with E-state index in [4.69, 9.17) is 14.2 Å². The van der Waals surface area contributed by atoms with Crippen LogP contribution in [0.5, 0.6) is 17.2 Å². The van der Waals surface area contributed by atoms with E-state index in [1.54, 1.807) is 86.6 Å². The Morgan fingerprint density at radius 1 is 0.854 bits per heavy atom. The number of amides is 3. The SMILES string of the molecule is COc1cc(/C=C(\NC(=O)c2ccccc2)C(=O)Nc2ccc(SC(C)C(=O)Nc3cc([N+](=O)[O-])ccc3C)cc2)cc(OC)c1OC. The number of rotatable bonds is 13. The van der Waals surface area contributed by atoms with E-state index < -0.39 is 22.0 Å². The van der Waals surface area contributed by atoms with Crippen LogP contribution in [0.25, 0.3) is 6.08 Å². The zero-order valence-corrected chi connectivity index (χ0v) is 27.7. The quantitative estimate of drug-likeness (QED) is 0.0628. The number of anilines is 2. The van der Waals surface area contributed by atoms with Crippen LogP contribution in [0, 0.1) is 17.0 Å². The number of carbonyl (C=O) groups excluding carboxylic acids is 3. The smallest absolute Gasteiger partial charge is 0.272 e. The molecule has 12 nitrogen and oxygen atoms in total. The zero-order chi connectivity index (χ0) is 34.8. The summed E-state index contributed by atoms with van der Waals surface area (Å²) in [5.74, 6) is -0.281.